The second-order valence-corrected chi connectivity index (χ2v) is 7.52. The highest BCUT2D eigenvalue weighted by Crippen LogP contribution is 2.22. The van der Waals surface area contributed by atoms with Gasteiger partial charge in [-0.05, 0) is 31.5 Å². The molecule has 3 rings (SSSR count). The van der Waals surface area contributed by atoms with Crippen LogP contribution in [0.4, 0.5) is 11.4 Å². The van der Waals surface area contributed by atoms with Crippen LogP contribution in [0.2, 0.25) is 0 Å². The average molecular weight is 509 g/mol. The Balaban J connectivity index is 1.72. The first-order chi connectivity index (χ1) is 17.5. The second kappa shape index (κ2) is 10.8. The maximum absolute atomic E-state index is 12.6. The van der Waals surface area contributed by atoms with Gasteiger partial charge in [-0.1, -0.05) is 0 Å². The van der Waals surface area contributed by atoms with Crippen LogP contribution in [-0.4, -0.2) is 49.3 Å². The van der Waals surface area contributed by atoms with Crippen LogP contribution in [0.3, 0.4) is 0 Å². The van der Waals surface area contributed by atoms with Crippen molar-refractivity contribution in [2.24, 2.45) is 10.2 Å². The Morgan fingerprint density at radius 3 is 1.78 bits per heavy atom. The van der Waals surface area contributed by atoms with Gasteiger partial charge in [0, 0.05) is 41.1 Å². The number of carbonyl (C=O) groups is 2. The Labute approximate surface area is 207 Å². The third kappa shape index (κ3) is 5.91. The SMILES string of the molecule is Cc1[nH]c(C(=O)N/N=C/c2cc([N+](=O)[O-])ccc2O)c(C)c1C(=O)N/N=C/c1cc([N+](=O)[O-])ccc1O. The van der Waals surface area contributed by atoms with Gasteiger partial charge in [0.2, 0.25) is 0 Å². The van der Waals surface area contributed by atoms with Gasteiger partial charge in [0.25, 0.3) is 23.2 Å². The first-order valence-electron chi connectivity index (χ1n) is 10.3. The lowest BCUT2D eigenvalue weighted by Crippen LogP contribution is -2.21. The average Bonchev–Trinajstić information content (AvgIpc) is 3.14. The van der Waals surface area contributed by atoms with Crippen molar-refractivity contribution in [3.8, 4) is 11.5 Å². The quantitative estimate of drug-likeness (QED) is 0.172. The molecule has 0 aliphatic heterocycles. The molecule has 0 fully saturated rings. The van der Waals surface area contributed by atoms with E-state index in [0.717, 1.165) is 48.8 Å². The van der Waals surface area contributed by atoms with E-state index in [4.69, 9.17) is 0 Å². The number of benzene rings is 2. The fourth-order valence-corrected chi connectivity index (χ4v) is 3.27. The number of phenols is 2. The largest absolute Gasteiger partial charge is 0.507 e. The highest BCUT2D eigenvalue weighted by Gasteiger charge is 2.22. The van der Waals surface area contributed by atoms with Crippen LogP contribution in [0.15, 0.2) is 46.6 Å². The van der Waals surface area contributed by atoms with Gasteiger partial charge in [-0.3, -0.25) is 29.8 Å². The number of carbonyl (C=O) groups excluding carboxylic acids is 2. The number of nitro benzene ring substituents is 2. The molecule has 0 saturated heterocycles. The van der Waals surface area contributed by atoms with Gasteiger partial charge in [0.15, 0.2) is 0 Å². The van der Waals surface area contributed by atoms with E-state index in [1.54, 1.807) is 6.92 Å². The zero-order chi connectivity index (χ0) is 27.3. The van der Waals surface area contributed by atoms with Crippen molar-refractivity contribution in [2.45, 2.75) is 13.8 Å². The Hall–Kier alpha value is -5.60. The molecule has 0 aliphatic rings. The van der Waals surface area contributed by atoms with E-state index in [0.29, 0.717) is 5.69 Å². The molecule has 1 aromatic heterocycles. The number of H-pyrrole nitrogens is 1. The van der Waals surface area contributed by atoms with Crippen LogP contribution in [-0.2, 0) is 0 Å². The van der Waals surface area contributed by atoms with Gasteiger partial charge >= 0.3 is 0 Å². The van der Waals surface area contributed by atoms with Gasteiger partial charge in [0.05, 0.1) is 27.8 Å². The summed E-state index contributed by atoms with van der Waals surface area (Å²) >= 11 is 0. The first-order valence-corrected chi connectivity index (χ1v) is 10.3. The number of hydrogen-bond donors (Lipinski definition) is 5. The molecule has 5 N–H and O–H groups in total. The highest BCUT2D eigenvalue weighted by molar-refractivity contribution is 6.03. The van der Waals surface area contributed by atoms with Crippen LogP contribution in [0.1, 0.15) is 43.2 Å². The summed E-state index contributed by atoms with van der Waals surface area (Å²) in [7, 11) is 0. The summed E-state index contributed by atoms with van der Waals surface area (Å²) in [6, 6.07) is 6.61. The maximum atomic E-state index is 12.6. The van der Waals surface area contributed by atoms with Gasteiger partial charge < -0.3 is 15.2 Å². The van der Waals surface area contributed by atoms with Gasteiger partial charge in [-0.2, -0.15) is 10.2 Å². The molecule has 0 bridgehead atoms. The molecule has 15 heteroatoms. The Bertz CT molecular complexity index is 1480. The number of rotatable bonds is 8. The van der Waals surface area contributed by atoms with E-state index in [2.05, 4.69) is 26.0 Å². The van der Waals surface area contributed by atoms with Crippen LogP contribution < -0.4 is 10.9 Å². The highest BCUT2D eigenvalue weighted by atomic mass is 16.6. The van der Waals surface area contributed by atoms with Crippen molar-refractivity contribution in [3.05, 3.63) is 90.3 Å². The molecular weight excluding hydrogens is 490 g/mol. The van der Waals surface area contributed by atoms with Gasteiger partial charge in [-0.15, -0.1) is 0 Å². The number of aromatic amines is 1. The molecule has 190 valence electrons. The summed E-state index contributed by atoms with van der Waals surface area (Å²) < 4.78 is 0. The summed E-state index contributed by atoms with van der Waals surface area (Å²) in [4.78, 5) is 48.4. The molecule has 3 aromatic rings. The van der Waals surface area contributed by atoms with Crippen molar-refractivity contribution < 1.29 is 29.6 Å². The molecule has 0 saturated carbocycles. The number of hydrogen-bond acceptors (Lipinski definition) is 10. The zero-order valence-corrected chi connectivity index (χ0v) is 19.3. The predicted molar refractivity (Wildman–Crippen MR) is 130 cm³/mol. The molecule has 0 spiro atoms. The lowest BCUT2D eigenvalue weighted by molar-refractivity contribution is -0.385. The second-order valence-electron chi connectivity index (χ2n) is 7.52. The number of nitrogens with one attached hydrogen (secondary N) is 3. The molecule has 2 aromatic carbocycles. The summed E-state index contributed by atoms with van der Waals surface area (Å²) in [5, 5.41) is 48.8. The van der Waals surface area contributed by atoms with Crippen LogP contribution in [0, 0.1) is 34.1 Å². The normalized spacial score (nSPS) is 11.1. The lowest BCUT2D eigenvalue weighted by atomic mass is 10.1. The summed E-state index contributed by atoms with van der Waals surface area (Å²) in [6.07, 6.45) is 2.06. The molecule has 0 unspecified atom stereocenters. The number of aromatic hydroxyl groups is 2. The number of nitro groups is 2. The summed E-state index contributed by atoms with van der Waals surface area (Å²) in [6.45, 7) is 3.04. The van der Waals surface area contributed by atoms with Gasteiger partial charge in [-0.25, -0.2) is 10.9 Å². The van der Waals surface area contributed by atoms with Crippen LogP contribution in [0.5, 0.6) is 11.5 Å². The van der Waals surface area contributed by atoms with Crippen LogP contribution in [0.25, 0.3) is 0 Å². The van der Waals surface area contributed by atoms with Crippen LogP contribution >= 0.6 is 0 Å². The number of aryl methyl sites for hydroxylation is 1. The number of non-ortho nitro benzene ring substituents is 2. The third-order valence-corrected chi connectivity index (χ3v) is 5.07. The maximum Gasteiger partial charge on any atom is 0.288 e. The topological polar surface area (TPSA) is 225 Å². The summed E-state index contributed by atoms with van der Waals surface area (Å²) in [5.41, 5.74) is 4.58. The Morgan fingerprint density at radius 2 is 1.32 bits per heavy atom. The first kappa shape index (κ1) is 26.0. The van der Waals surface area contributed by atoms with E-state index in [1.807, 2.05) is 0 Å². The molecular formula is C22H19N7O8. The lowest BCUT2D eigenvalue weighted by Gasteiger charge is -2.03. The zero-order valence-electron chi connectivity index (χ0n) is 19.3. The number of phenolic OH excluding ortho intramolecular Hbond substituents is 2. The molecule has 0 radical (unpaired) electrons. The molecule has 2 amide bonds. The standard InChI is InChI=1S/C22H19N7O8/c1-11-19(21(32)26-23-9-13-7-15(28(34)35)3-5-17(13)30)12(2)25-20(11)22(33)27-24-10-14-8-16(29(36)37)4-6-18(14)31/h3-10,25,30-31H,1-2H3,(H,26,32)(H,27,33)/b23-9+,24-10+. The minimum Gasteiger partial charge on any atom is -0.507 e. The van der Waals surface area contributed by atoms with Crippen molar-refractivity contribution in [1.29, 1.82) is 0 Å². The van der Waals surface area contributed by atoms with E-state index in [9.17, 15) is 40.0 Å². The number of amides is 2. The van der Waals surface area contributed by atoms with E-state index in [1.165, 1.54) is 6.92 Å². The Morgan fingerprint density at radius 1 is 0.865 bits per heavy atom. The van der Waals surface area contributed by atoms with E-state index < -0.39 is 21.7 Å². The number of hydrazone groups is 2. The summed E-state index contributed by atoms with van der Waals surface area (Å²) in [5.74, 6) is -1.99. The predicted octanol–water partition coefficient (Wildman–Crippen LogP) is 2.39. The fraction of sp³-hybridized carbons (Fsp3) is 0.0909. The van der Waals surface area contributed by atoms with Crippen molar-refractivity contribution in [3.63, 3.8) is 0 Å². The Kier molecular flexibility index (Phi) is 7.57. The minimum absolute atomic E-state index is 0.00148. The fourth-order valence-electron chi connectivity index (χ4n) is 3.27. The van der Waals surface area contributed by atoms with E-state index in [-0.39, 0.29) is 50.8 Å². The molecule has 1 heterocycles. The third-order valence-electron chi connectivity index (χ3n) is 5.07. The molecule has 15 nitrogen and oxygen atoms in total. The van der Waals surface area contributed by atoms with Crippen molar-refractivity contribution in [2.75, 3.05) is 0 Å². The van der Waals surface area contributed by atoms with E-state index >= 15 is 0 Å². The molecule has 0 atom stereocenters. The molecule has 0 aliphatic carbocycles. The number of aromatic nitrogens is 1. The van der Waals surface area contributed by atoms with Crippen molar-refractivity contribution >= 4 is 35.6 Å². The monoisotopic (exact) mass is 509 g/mol. The smallest absolute Gasteiger partial charge is 0.288 e. The minimum atomic E-state index is -0.731. The number of nitrogens with zero attached hydrogens (tertiary/aromatic N) is 4. The van der Waals surface area contributed by atoms with Gasteiger partial charge in [0.1, 0.15) is 17.2 Å². The molecule has 37 heavy (non-hydrogen) atoms. The van der Waals surface area contributed by atoms with Crippen molar-refractivity contribution in [1.82, 2.24) is 15.8 Å².